The summed E-state index contributed by atoms with van der Waals surface area (Å²) in [6.07, 6.45) is 4.84. The van der Waals surface area contributed by atoms with Crippen molar-refractivity contribution >= 4 is 34.6 Å². The van der Waals surface area contributed by atoms with Gasteiger partial charge >= 0.3 is 0 Å². The van der Waals surface area contributed by atoms with Crippen LogP contribution in [0.5, 0.6) is 0 Å². The van der Waals surface area contributed by atoms with E-state index in [9.17, 15) is 0 Å². The number of nitrogen functional groups attached to an aromatic ring is 1. The molecule has 23 heavy (non-hydrogen) atoms. The number of nitrogens with one attached hydrogen (secondary N) is 2. The summed E-state index contributed by atoms with van der Waals surface area (Å²) in [6.45, 7) is 0.521. The molecule has 0 radical (unpaired) electrons. The molecule has 0 fully saturated rings. The summed E-state index contributed by atoms with van der Waals surface area (Å²) >= 11 is 6.15. The molecule has 0 aliphatic carbocycles. The van der Waals surface area contributed by atoms with Crippen LogP contribution in [0.4, 0.5) is 23.0 Å². The highest BCUT2D eigenvalue weighted by molar-refractivity contribution is 6.31. The van der Waals surface area contributed by atoms with E-state index in [-0.39, 0.29) is 0 Å². The maximum atomic E-state index is 6.15. The first-order chi connectivity index (χ1) is 11.2. The van der Waals surface area contributed by atoms with Gasteiger partial charge < -0.3 is 16.4 Å². The van der Waals surface area contributed by atoms with E-state index < -0.39 is 0 Å². The van der Waals surface area contributed by atoms with E-state index in [4.69, 9.17) is 17.3 Å². The summed E-state index contributed by atoms with van der Waals surface area (Å²) in [6, 6.07) is 11.3. The minimum atomic E-state index is 0.434. The van der Waals surface area contributed by atoms with Crippen LogP contribution in [0.3, 0.4) is 0 Å². The number of pyridine rings is 1. The highest BCUT2D eigenvalue weighted by atomic mass is 35.5. The Labute approximate surface area is 138 Å². The van der Waals surface area contributed by atoms with E-state index in [1.54, 1.807) is 12.4 Å². The molecule has 2 heterocycles. The van der Waals surface area contributed by atoms with E-state index in [1.807, 2.05) is 36.4 Å². The van der Waals surface area contributed by atoms with Crippen LogP contribution in [0.1, 0.15) is 5.56 Å². The van der Waals surface area contributed by atoms with Crippen LogP contribution in [0.25, 0.3) is 0 Å². The van der Waals surface area contributed by atoms with Crippen LogP contribution in [0.15, 0.2) is 55.1 Å². The lowest BCUT2D eigenvalue weighted by Gasteiger charge is -2.12. The molecule has 0 aliphatic rings. The normalized spacial score (nSPS) is 10.3. The highest BCUT2D eigenvalue weighted by Gasteiger charge is 2.09. The molecule has 0 saturated heterocycles. The van der Waals surface area contributed by atoms with Crippen molar-refractivity contribution in [2.45, 2.75) is 6.54 Å². The van der Waals surface area contributed by atoms with Crippen LogP contribution < -0.4 is 16.4 Å². The van der Waals surface area contributed by atoms with Crippen molar-refractivity contribution in [3.05, 3.63) is 65.7 Å². The maximum absolute atomic E-state index is 6.15. The lowest BCUT2D eigenvalue weighted by molar-refractivity contribution is 1.09. The molecule has 6 nitrogen and oxygen atoms in total. The molecule has 0 spiro atoms. The number of anilines is 4. The zero-order valence-electron chi connectivity index (χ0n) is 12.2. The second kappa shape index (κ2) is 6.93. The standard InChI is InChI=1S/C16H15ClN6/c17-13-6-2-1-4-11(13)8-20-15-14(18)16(22-10-21-15)23-12-5-3-7-19-9-12/h1-7,9-10H,8,18H2,(H2,20,21,22,23). The minimum Gasteiger partial charge on any atom is -0.393 e. The quantitative estimate of drug-likeness (QED) is 0.665. The zero-order chi connectivity index (χ0) is 16.1. The van der Waals surface area contributed by atoms with Crippen molar-refractivity contribution in [2.24, 2.45) is 0 Å². The molecule has 0 saturated carbocycles. The molecule has 0 amide bonds. The molecule has 0 unspecified atom stereocenters. The fourth-order valence-electron chi connectivity index (χ4n) is 2.03. The first kappa shape index (κ1) is 15.1. The average Bonchev–Trinajstić information content (AvgIpc) is 2.58. The number of benzene rings is 1. The van der Waals surface area contributed by atoms with Gasteiger partial charge in [0, 0.05) is 17.8 Å². The molecule has 116 valence electrons. The Bertz CT molecular complexity index is 794. The Kier molecular flexibility index (Phi) is 4.54. The molecule has 0 bridgehead atoms. The van der Waals surface area contributed by atoms with E-state index in [0.29, 0.717) is 28.9 Å². The van der Waals surface area contributed by atoms with E-state index in [1.165, 1.54) is 6.33 Å². The third-order valence-corrected chi connectivity index (χ3v) is 3.58. The largest absolute Gasteiger partial charge is 0.393 e. The van der Waals surface area contributed by atoms with E-state index >= 15 is 0 Å². The zero-order valence-corrected chi connectivity index (χ0v) is 13.0. The predicted molar refractivity (Wildman–Crippen MR) is 92.7 cm³/mol. The second-order valence-electron chi connectivity index (χ2n) is 4.80. The minimum absolute atomic E-state index is 0.434. The van der Waals surface area contributed by atoms with Crippen molar-refractivity contribution in [3.63, 3.8) is 0 Å². The molecule has 3 aromatic rings. The summed E-state index contributed by atoms with van der Waals surface area (Å²) < 4.78 is 0. The van der Waals surface area contributed by atoms with Crippen molar-refractivity contribution in [2.75, 3.05) is 16.4 Å². The van der Waals surface area contributed by atoms with Gasteiger partial charge in [-0.1, -0.05) is 29.8 Å². The number of nitrogens with two attached hydrogens (primary N) is 1. The lowest BCUT2D eigenvalue weighted by atomic mass is 10.2. The maximum Gasteiger partial charge on any atom is 0.159 e. The molecule has 3 rings (SSSR count). The van der Waals surface area contributed by atoms with Crippen LogP contribution in [0, 0.1) is 0 Å². The third kappa shape index (κ3) is 3.67. The smallest absolute Gasteiger partial charge is 0.159 e. The Balaban J connectivity index is 1.76. The van der Waals surface area contributed by atoms with E-state index in [0.717, 1.165) is 11.3 Å². The lowest BCUT2D eigenvalue weighted by Crippen LogP contribution is -2.08. The van der Waals surface area contributed by atoms with Gasteiger partial charge in [-0.15, -0.1) is 0 Å². The summed E-state index contributed by atoms with van der Waals surface area (Å²) in [7, 11) is 0. The van der Waals surface area contributed by atoms with Crippen molar-refractivity contribution < 1.29 is 0 Å². The van der Waals surface area contributed by atoms with Gasteiger partial charge in [0.1, 0.15) is 12.0 Å². The topological polar surface area (TPSA) is 88.8 Å². The SMILES string of the molecule is Nc1c(NCc2ccccc2Cl)ncnc1Nc1cccnc1. The summed E-state index contributed by atoms with van der Waals surface area (Å²) in [5, 5.41) is 6.99. The van der Waals surface area contributed by atoms with Crippen molar-refractivity contribution in [3.8, 4) is 0 Å². The third-order valence-electron chi connectivity index (χ3n) is 3.21. The van der Waals surface area contributed by atoms with Crippen LogP contribution in [0.2, 0.25) is 5.02 Å². The van der Waals surface area contributed by atoms with Gasteiger partial charge in [0.2, 0.25) is 0 Å². The van der Waals surface area contributed by atoms with Gasteiger partial charge in [-0.2, -0.15) is 0 Å². The van der Waals surface area contributed by atoms with Gasteiger partial charge in [-0.3, -0.25) is 4.98 Å². The summed E-state index contributed by atoms with van der Waals surface area (Å²) in [5.41, 5.74) is 8.33. The van der Waals surface area contributed by atoms with Crippen LogP contribution >= 0.6 is 11.6 Å². The highest BCUT2D eigenvalue weighted by Crippen LogP contribution is 2.26. The number of hydrogen-bond donors (Lipinski definition) is 3. The van der Waals surface area contributed by atoms with Gasteiger partial charge in [0.25, 0.3) is 0 Å². The molecular weight excluding hydrogens is 312 g/mol. The Morgan fingerprint density at radius 2 is 1.87 bits per heavy atom. The van der Waals surface area contributed by atoms with Gasteiger partial charge in [-0.05, 0) is 23.8 Å². The van der Waals surface area contributed by atoms with Gasteiger partial charge in [0.05, 0.1) is 11.9 Å². The van der Waals surface area contributed by atoms with Crippen LogP contribution in [-0.4, -0.2) is 15.0 Å². The van der Waals surface area contributed by atoms with Crippen molar-refractivity contribution in [1.29, 1.82) is 0 Å². The fraction of sp³-hybridized carbons (Fsp3) is 0.0625. The number of halogens is 1. The Morgan fingerprint density at radius 1 is 1.04 bits per heavy atom. The van der Waals surface area contributed by atoms with E-state index in [2.05, 4.69) is 25.6 Å². The van der Waals surface area contributed by atoms with Crippen LogP contribution in [-0.2, 0) is 6.54 Å². The molecule has 4 N–H and O–H groups in total. The number of rotatable bonds is 5. The van der Waals surface area contributed by atoms with Gasteiger partial charge in [0.15, 0.2) is 11.6 Å². The first-order valence-electron chi connectivity index (χ1n) is 6.99. The second-order valence-corrected chi connectivity index (χ2v) is 5.20. The number of aromatic nitrogens is 3. The summed E-state index contributed by atoms with van der Waals surface area (Å²) in [5.74, 6) is 1.07. The predicted octanol–water partition coefficient (Wildman–Crippen LogP) is 3.46. The fourth-order valence-corrected chi connectivity index (χ4v) is 2.23. The molecule has 2 aromatic heterocycles. The molecule has 1 aromatic carbocycles. The van der Waals surface area contributed by atoms with Gasteiger partial charge in [-0.25, -0.2) is 9.97 Å². The van der Waals surface area contributed by atoms with Crippen molar-refractivity contribution in [1.82, 2.24) is 15.0 Å². The molecule has 7 heteroatoms. The summed E-state index contributed by atoms with van der Waals surface area (Å²) in [4.78, 5) is 12.4. The molecule has 0 aliphatic heterocycles. The Hall–Kier alpha value is -2.86. The number of nitrogens with zero attached hydrogens (tertiary/aromatic N) is 3. The average molecular weight is 327 g/mol. The first-order valence-corrected chi connectivity index (χ1v) is 7.36. The molecule has 0 atom stereocenters. The molecular formula is C16H15ClN6. The monoisotopic (exact) mass is 326 g/mol. The number of hydrogen-bond acceptors (Lipinski definition) is 6. The Morgan fingerprint density at radius 3 is 2.65 bits per heavy atom.